The van der Waals surface area contributed by atoms with E-state index in [9.17, 15) is 5.11 Å². The summed E-state index contributed by atoms with van der Waals surface area (Å²) in [5, 5.41) is 10.8. The lowest BCUT2D eigenvalue weighted by molar-refractivity contribution is 0.340. The first-order valence-corrected chi connectivity index (χ1v) is 11.1. The molecule has 0 saturated heterocycles. The lowest BCUT2D eigenvalue weighted by Crippen LogP contribution is -1.95. The van der Waals surface area contributed by atoms with Crippen LogP contribution >= 0.6 is 39.5 Å². The van der Waals surface area contributed by atoms with E-state index in [4.69, 9.17) is 21.4 Å². The van der Waals surface area contributed by atoms with Crippen LogP contribution in [0.3, 0.4) is 0 Å². The standard InChI is InChI=1S/C22H18BrNO3S2/c1-2-26-17-9-7-16(8-10-17)24-21(25)20(29-22(24)28)13-18-11-12-19(27-18)14-3-5-15(23)6-4-14/h3-12,25H,2,13H2,1H3. The van der Waals surface area contributed by atoms with Crippen LogP contribution in [0.2, 0.25) is 0 Å². The minimum absolute atomic E-state index is 0.144. The average molecular weight is 488 g/mol. The van der Waals surface area contributed by atoms with Gasteiger partial charge in [-0.2, -0.15) is 0 Å². The summed E-state index contributed by atoms with van der Waals surface area (Å²) in [5.41, 5.74) is 1.80. The molecule has 7 heteroatoms. The quantitative estimate of drug-likeness (QED) is 0.297. The Morgan fingerprint density at radius 3 is 2.48 bits per heavy atom. The van der Waals surface area contributed by atoms with Gasteiger partial charge in [-0.3, -0.25) is 4.57 Å². The number of hydrogen-bond donors (Lipinski definition) is 1. The number of halogens is 1. The third-order valence-corrected chi connectivity index (χ3v) is 6.28. The smallest absolute Gasteiger partial charge is 0.211 e. The summed E-state index contributed by atoms with van der Waals surface area (Å²) in [6.45, 7) is 2.55. The molecule has 0 amide bonds. The fourth-order valence-electron chi connectivity index (χ4n) is 3.01. The molecule has 0 spiro atoms. The van der Waals surface area contributed by atoms with Crippen molar-refractivity contribution in [2.75, 3.05) is 6.61 Å². The van der Waals surface area contributed by atoms with Crippen LogP contribution in [-0.2, 0) is 6.42 Å². The van der Waals surface area contributed by atoms with Crippen LogP contribution in [0.5, 0.6) is 11.6 Å². The Kier molecular flexibility index (Phi) is 5.89. The highest BCUT2D eigenvalue weighted by Gasteiger charge is 2.16. The number of hydrogen-bond acceptors (Lipinski definition) is 5. The molecule has 2 heterocycles. The molecule has 0 aliphatic carbocycles. The topological polar surface area (TPSA) is 47.5 Å². The van der Waals surface area contributed by atoms with Gasteiger partial charge < -0.3 is 14.3 Å². The molecule has 0 atom stereocenters. The molecular weight excluding hydrogens is 470 g/mol. The van der Waals surface area contributed by atoms with Crippen LogP contribution in [0.1, 0.15) is 17.6 Å². The summed E-state index contributed by atoms with van der Waals surface area (Å²) in [5.74, 6) is 2.49. The van der Waals surface area contributed by atoms with Gasteiger partial charge in [-0.15, -0.1) is 11.3 Å². The molecule has 0 fully saturated rings. The molecule has 4 nitrogen and oxygen atoms in total. The maximum Gasteiger partial charge on any atom is 0.211 e. The number of furan rings is 1. The highest BCUT2D eigenvalue weighted by atomic mass is 79.9. The van der Waals surface area contributed by atoms with Crippen LogP contribution in [0, 0.1) is 3.95 Å². The van der Waals surface area contributed by atoms with Gasteiger partial charge in [0.05, 0.1) is 17.2 Å². The molecule has 0 saturated carbocycles. The van der Waals surface area contributed by atoms with E-state index in [1.165, 1.54) is 11.3 Å². The molecule has 29 heavy (non-hydrogen) atoms. The van der Waals surface area contributed by atoms with Crippen LogP contribution in [-0.4, -0.2) is 16.3 Å². The van der Waals surface area contributed by atoms with E-state index in [-0.39, 0.29) is 5.88 Å². The third kappa shape index (κ3) is 4.32. The molecule has 4 rings (SSSR count). The molecule has 0 unspecified atom stereocenters. The first kappa shape index (κ1) is 19.9. The highest BCUT2D eigenvalue weighted by Crippen LogP contribution is 2.33. The van der Waals surface area contributed by atoms with E-state index in [0.717, 1.165) is 37.9 Å². The van der Waals surface area contributed by atoms with Gasteiger partial charge in [-0.05, 0) is 67.7 Å². The summed E-state index contributed by atoms with van der Waals surface area (Å²) in [7, 11) is 0. The SMILES string of the molecule is CCOc1ccc(-n2c(O)c(Cc3ccc(-c4ccc(Br)cc4)o3)sc2=S)cc1. The highest BCUT2D eigenvalue weighted by molar-refractivity contribution is 9.10. The van der Waals surface area contributed by atoms with Crippen molar-refractivity contribution in [2.24, 2.45) is 0 Å². The summed E-state index contributed by atoms with van der Waals surface area (Å²) >= 11 is 10.3. The zero-order valence-electron chi connectivity index (χ0n) is 15.6. The Labute approximate surface area is 186 Å². The van der Waals surface area contributed by atoms with Gasteiger partial charge in [0.25, 0.3) is 0 Å². The molecule has 148 valence electrons. The Hall–Kier alpha value is -2.35. The van der Waals surface area contributed by atoms with E-state index in [1.807, 2.05) is 67.6 Å². The predicted octanol–water partition coefficient (Wildman–Crippen LogP) is 6.99. The van der Waals surface area contributed by atoms with Crippen LogP contribution < -0.4 is 4.74 Å². The number of thiazole rings is 1. The molecule has 0 aliphatic heterocycles. The fourth-order valence-corrected chi connectivity index (χ4v) is 4.66. The zero-order chi connectivity index (χ0) is 20.4. The number of aromatic nitrogens is 1. The van der Waals surface area contributed by atoms with Crippen LogP contribution in [0.25, 0.3) is 17.0 Å². The predicted molar refractivity (Wildman–Crippen MR) is 122 cm³/mol. The second-order valence-electron chi connectivity index (χ2n) is 6.33. The molecule has 0 bridgehead atoms. The lowest BCUT2D eigenvalue weighted by Gasteiger charge is -2.07. The second-order valence-corrected chi connectivity index (χ2v) is 8.97. The minimum atomic E-state index is 0.144. The average Bonchev–Trinajstić information content (AvgIpc) is 3.28. The van der Waals surface area contributed by atoms with Gasteiger partial charge in [0, 0.05) is 16.5 Å². The van der Waals surface area contributed by atoms with Crippen molar-refractivity contribution in [3.8, 4) is 28.6 Å². The van der Waals surface area contributed by atoms with Crippen molar-refractivity contribution in [3.05, 3.63) is 79.7 Å². The Balaban J connectivity index is 1.58. The Morgan fingerprint density at radius 2 is 1.79 bits per heavy atom. The van der Waals surface area contributed by atoms with E-state index in [1.54, 1.807) is 4.57 Å². The number of benzene rings is 2. The van der Waals surface area contributed by atoms with Crippen molar-refractivity contribution in [1.29, 1.82) is 0 Å². The normalized spacial score (nSPS) is 11.0. The zero-order valence-corrected chi connectivity index (χ0v) is 18.8. The summed E-state index contributed by atoms with van der Waals surface area (Å²) in [4.78, 5) is 0.764. The summed E-state index contributed by atoms with van der Waals surface area (Å²) in [6, 6.07) is 19.3. The van der Waals surface area contributed by atoms with Crippen LogP contribution in [0.15, 0.2) is 69.6 Å². The van der Waals surface area contributed by atoms with Crippen molar-refractivity contribution in [2.45, 2.75) is 13.3 Å². The van der Waals surface area contributed by atoms with E-state index in [2.05, 4.69) is 15.9 Å². The van der Waals surface area contributed by atoms with Crippen LogP contribution in [0.4, 0.5) is 0 Å². The number of ether oxygens (including phenoxy) is 1. The van der Waals surface area contributed by atoms with Gasteiger partial charge in [-0.25, -0.2) is 0 Å². The van der Waals surface area contributed by atoms with Crippen molar-refractivity contribution in [1.82, 2.24) is 4.57 Å². The van der Waals surface area contributed by atoms with Gasteiger partial charge in [-0.1, -0.05) is 28.1 Å². The number of nitrogens with zero attached hydrogens (tertiary/aromatic N) is 1. The van der Waals surface area contributed by atoms with E-state index < -0.39 is 0 Å². The van der Waals surface area contributed by atoms with E-state index >= 15 is 0 Å². The minimum Gasteiger partial charge on any atom is -0.494 e. The van der Waals surface area contributed by atoms with Gasteiger partial charge in [0.2, 0.25) is 5.88 Å². The summed E-state index contributed by atoms with van der Waals surface area (Å²) < 4.78 is 14.7. The van der Waals surface area contributed by atoms with Gasteiger partial charge >= 0.3 is 0 Å². The molecule has 2 aromatic carbocycles. The summed E-state index contributed by atoms with van der Waals surface area (Å²) in [6.07, 6.45) is 0.473. The maximum atomic E-state index is 10.8. The monoisotopic (exact) mass is 487 g/mol. The maximum absolute atomic E-state index is 10.8. The van der Waals surface area contributed by atoms with Crippen molar-refractivity contribution in [3.63, 3.8) is 0 Å². The largest absolute Gasteiger partial charge is 0.494 e. The first-order chi connectivity index (χ1) is 14.0. The fraction of sp³-hybridized carbons (Fsp3) is 0.136. The molecule has 0 aliphatic rings. The van der Waals surface area contributed by atoms with Gasteiger partial charge in [0.1, 0.15) is 17.3 Å². The molecular formula is C22H18BrNO3S2. The Bertz CT molecular complexity index is 1170. The third-order valence-electron chi connectivity index (χ3n) is 4.39. The number of aromatic hydroxyl groups is 1. The molecule has 0 radical (unpaired) electrons. The lowest BCUT2D eigenvalue weighted by atomic mass is 10.2. The van der Waals surface area contributed by atoms with E-state index in [0.29, 0.717) is 17.0 Å². The molecule has 4 aromatic rings. The molecule has 2 aromatic heterocycles. The molecule has 1 N–H and O–H groups in total. The van der Waals surface area contributed by atoms with Crippen molar-refractivity contribution >= 4 is 39.5 Å². The van der Waals surface area contributed by atoms with Gasteiger partial charge in [0.15, 0.2) is 3.95 Å². The number of rotatable bonds is 6. The van der Waals surface area contributed by atoms with Crippen molar-refractivity contribution < 1.29 is 14.3 Å². The first-order valence-electron chi connectivity index (χ1n) is 9.06. The Morgan fingerprint density at radius 1 is 1.07 bits per heavy atom. The second kappa shape index (κ2) is 8.57.